The van der Waals surface area contributed by atoms with Crippen LogP contribution in [0.4, 0.5) is 10.5 Å². The number of aryl methyl sites for hydroxylation is 1. The van der Waals surface area contributed by atoms with Crippen LogP contribution in [0, 0.1) is 12.8 Å². The number of imide groups is 1. The van der Waals surface area contributed by atoms with E-state index in [2.05, 4.69) is 10.6 Å². The van der Waals surface area contributed by atoms with E-state index in [1.807, 2.05) is 31.2 Å². The van der Waals surface area contributed by atoms with Gasteiger partial charge in [0.25, 0.3) is 0 Å². The Morgan fingerprint density at radius 3 is 2.57 bits per heavy atom. The van der Waals surface area contributed by atoms with E-state index in [0.717, 1.165) is 18.4 Å². The second-order valence-electron chi connectivity index (χ2n) is 9.23. The van der Waals surface area contributed by atoms with Crippen LogP contribution in [0.2, 0.25) is 0 Å². The minimum Gasteiger partial charge on any atom is -0.467 e. The molecule has 1 aliphatic heterocycles. The van der Waals surface area contributed by atoms with Crippen LogP contribution < -0.4 is 10.6 Å². The molecule has 5 amide bonds. The predicted octanol–water partition coefficient (Wildman–Crippen LogP) is 3.45. The zero-order valence-electron chi connectivity index (χ0n) is 20.0. The Hall–Kier alpha value is -3.62. The molecule has 0 radical (unpaired) electrons. The van der Waals surface area contributed by atoms with E-state index in [4.69, 9.17) is 4.42 Å². The molecule has 1 aromatic carbocycles. The number of amides is 5. The number of carbonyl (C=O) groups is 4. The first-order valence-corrected chi connectivity index (χ1v) is 12.2. The molecular weight excluding hydrogens is 448 g/mol. The summed E-state index contributed by atoms with van der Waals surface area (Å²) >= 11 is 0. The number of hydrogen-bond donors (Lipinski definition) is 2. The predicted molar refractivity (Wildman–Crippen MR) is 129 cm³/mol. The number of nitrogens with one attached hydrogen (secondary N) is 2. The maximum atomic E-state index is 13.3. The molecular formula is C26H32N4O5. The number of fused-ring (bicyclic) bond motifs is 1. The second-order valence-corrected chi connectivity index (χ2v) is 9.23. The van der Waals surface area contributed by atoms with Crippen molar-refractivity contribution in [3.05, 3.63) is 54.0 Å². The maximum absolute atomic E-state index is 13.3. The van der Waals surface area contributed by atoms with E-state index in [9.17, 15) is 19.2 Å². The zero-order valence-corrected chi connectivity index (χ0v) is 20.0. The maximum Gasteiger partial charge on any atom is 0.327 e. The van der Waals surface area contributed by atoms with E-state index >= 15 is 0 Å². The Balaban J connectivity index is 1.35. The van der Waals surface area contributed by atoms with E-state index < -0.39 is 6.03 Å². The van der Waals surface area contributed by atoms with Crippen LogP contribution in [0.15, 0.2) is 47.1 Å². The van der Waals surface area contributed by atoms with Crippen molar-refractivity contribution in [2.75, 3.05) is 18.4 Å². The Kier molecular flexibility index (Phi) is 7.84. The number of hydrogen-bond acceptors (Lipinski definition) is 5. The third-order valence-corrected chi connectivity index (χ3v) is 6.66. The highest BCUT2D eigenvalue weighted by Crippen LogP contribution is 2.34. The normalized spacial score (nSPS) is 19.9. The topological polar surface area (TPSA) is 112 Å². The highest BCUT2D eigenvalue weighted by molar-refractivity contribution is 6.01. The van der Waals surface area contributed by atoms with Gasteiger partial charge in [0, 0.05) is 24.7 Å². The summed E-state index contributed by atoms with van der Waals surface area (Å²) in [7, 11) is 0. The molecule has 2 aromatic rings. The van der Waals surface area contributed by atoms with Gasteiger partial charge in [-0.2, -0.15) is 0 Å². The van der Waals surface area contributed by atoms with Crippen molar-refractivity contribution in [3.63, 3.8) is 0 Å². The Morgan fingerprint density at radius 2 is 1.83 bits per heavy atom. The lowest BCUT2D eigenvalue weighted by molar-refractivity contribution is -0.142. The Bertz CT molecular complexity index is 1050. The van der Waals surface area contributed by atoms with Crippen LogP contribution in [-0.4, -0.2) is 52.7 Å². The van der Waals surface area contributed by atoms with E-state index in [-0.39, 0.29) is 49.2 Å². The molecule has 1 saturated heterocycles. The third-order valence-electron chi connectivity index (χ3n) is 6.66. The lowest BCUT2D eigenvalue weighted by atomic mass is 9.81. The molecule has 2 fully saturated rings. The molecule has 2 heterocycles. The lowest BCUT2D eigenvalue weighted by Gasteiger charge is -2.46. The van der Waals surface area contributed by atoms with Gasteiger partial charge in [-0.25, -0.2) is 4.79 Å². The second kappa shape index (κ2) is 11.2. The first-order valence-electron chi connectivity index (χ1n) is 12.2. The van der Waals surface area contributed by atoms with Crippen molar-refractivity contribution < 1.29 is 23.6 Å². The van der Waals surface area contributed by atoms with Crippen LogP contribution >= 0.6 is 0 Å². The molecule has 1 aromatic heterocycles. The molecule has 2 N–H and O–H groups in total. The molecule has 9 nitrogen and oxygen atoms in total. The molecule has 0 spiro atoms. The van der Waals surface area contributed by atoms with Gasteiger partial charge in [-0.05, 0) is 50.5 Å². The summed E-state index contributed by atoms with van der Waals surface area (Å²) in [6, 6.07) is 10.3. The van der Waals surface area contributed by atoms with Gasteiger partial charge in [0.2, 0.25) is 17.7 Å². The van der Waals surface area contributed by atoms with Gasteiger partial charge in [0.15, 0.2) is 0 Å². The van der Waals surface area contributed by atoms with Crippen molar-refractivity contribution in [2.24, 2.45) is 5.92 Å². The van der Waals surface area contributed by atoms with Crippen molar-refractivity contribution in [1.29, 1.82) is 0 Å². The van der Waals surface area contributed by atoms with Gasteiger partial charge >= 0.3 is 6.03 Å². The Labute approximate surface area is 204 Å². The minimum absolute atomic E-state index is 0.110. The fourth-order valence-electron chi connectivity index (χ4n) is 4.83. The highest BCUT2D eigenvalue weighted by Gasteiger charge is 2.47. The molecule has 1 aliphatic carbocycles. The van der Waals surface area contributed by atoms with E-state index in [1.54, 1.807) is 23.3 Å². The van der Waals surface area contributed by atoms with Gasteiger partial charge in [-0.3, -0.25) is 19.3 Å². The molecule has 35 heavy (non-hydrogen) atoms. The molecule has 4 rings (SSSR count). The molecule has 0 bridgehead atoms. The summed E-state index contributed by atoms with van der Waals surface area (Å²) in [5.74, 6) is -0.309. The summed E-state index contributed by atoms with van der Waals surface area (Å²) in [4.78, 5) is 54.2. The average Bonchev–Trinajstić information content (AvgIpc) is 3.38. The van der Waals surface area contributed by atoms with Crippen molar-refractivity contribution >= 4 is 29.4 Å². The summed E-state index contributed by atoms with van der Waals surface area (Å²) in [5, 5.41) is 5.61. The highest BCUT2D eigenvalue weighted by atomic mass is 16.3. The quantitative estimate of drug-likeness (QED) is 0.571. The van der Waals surface area contributed by atoms with Gasteiger partial charge in [0.1, 0.15) is 12.3 Å². The number of nitrogens with zero attached hydrogens (tertiary/aromatic N) is 2. The number of urea groups is 1. The third kappa shape index (κ3) is 6.09. The summed E-state index contributed by atoms with van der Waals surface area (Å²) in [6.07, 6.45) is 5.33. The summed E-state index contributed by atoms with van der Waals surface area (Å²) in [5.41, 5.74) is 1.75. The van der Waals surface area contributed by atoms with E-state index in [0.29, 0.717) is 37.3 Å². The van der Waals surface area contributed by atoms with Crippen LogP contribution in [0.5, 0.6) is 0 Å². The van der Waals surface area contributed by atoms with Gasteiger partial charge in [0.05, 0.1) is 18.7 Å². The fourth-order valence-corrected chi connectivity index (χ4v) is 4.83. The van der Waals surface area contributed by atoms with Crippen molar-refractivity contribution in [1.82, 2.24) is 15.1 Å². The van der Waals surface area contributed by atoms with Crippen molar-refractivity contribution in [3.8, 4) is 0 Å². The lowest BCUT2D eigenvalue weighted by Crippen LogP contribution is -2.63. The SMILES string of the molecule is Cc1ccc(NC(=O)CN2C(=O)N(CCCC(=O)NCc3ccco3)C(=O)C3CCCCC32)cc1. The Morgan fingerprint density at radius 1 is 1.06 bits per heavy atom. The van der Waals surface area contributed by atoms with Crippen LogP contribution in [0.25, 0.3) is 0 Å². The van der Waals surface area contributed by atoms with Crippen LogP contribution in [-0.2, 0) is 20.9 Å². The smallest absolute Gasteiger partial charge is 0.327 e. The first-order chi connectivity index (χ1) is 16.9. The largest absolute Gasteiger partial charge is 0.467 e. The molecule has 9 heteroatoms. The fraction of sp³-hybridized carbons (Fsp3) is 0.462. The van der Waals surface area contributed by atoms with Crippen molar-refractivity contribution in [2.45, 2.75) is 58.0 Å². The zero-order chi connectivity index (χ0) is 24.8. The molecule has 2 aliphatic rings. The molecule has 2 unspecified atom stereocenters. The van der Waals surface area contributed by atoms with Gasteiger partial charge in [-0.15, -0.1) is 0 Å². The number of furan rings is 1. The molecule has 1 saturated carbocycles. The monoisotopic (exact) mass is 480 g/mol. The summed E-state index contributed by atoms with van der Waals surface area (Å²) < 4.78 is 5.20. The van der Waals surface area contributed by atoms with Gasteiger partial charge < -0.3 is 20.0 Å². The van der Waals surface area contributed by atoms with Gasteiger partial charge in [-0.1, -0.05) is 30.5 Å². The molecule has 186 valence electrons. The van der Waals surface area contributed by atoms with E-state index in [1.165, 1.54) is 4.90 Å². The van der Waals surface area contributed by atoms with Crippen LogP contribution in [0.1, 0.15) is 49.8 Å². The summed E-state index contributed by atoms with van der Waals surface area (Å²) in [6.45, 7) is 2.29. The average molecular weight is 481 g/mol. The standard InChI is InChI=1S/C26H32N4O5/c1-18-10-12-19(13-11-18)28-24(32)17-30-22-8-3-2-7-21(22)25(33)29(26(30)34)14-4-9-23(31)27-16-20-6-5-15-35-20/h5-6,10-13,15,21-22H,2-4,7-9,14,16-17H2,1H3,(H,27,31)(H,28,32). The number of rotatable bonds is 9. The minimum atomic E-state index is -0.451. The number of anilines is 1. The number of carbonyl (C=O) groups excluding carboxylic acids is 4. The first kappa shape index (κ1) is 24.5. The van der Waals surface area contributed by atoms with Crippen LogP contribution in [0.3, 0.4) is 0 Å². The molecule has 2 atom stereocenters. The number of benzene rings is 1.